The quantitative estimate of drug-likeness (QED) is 0.0864. The lowest BCUT2D eigenvalue weighted by Gasteiger charge is -2.15. The number of hydrogen-bond donors (Lipinski definition) is 2. The Kier molecular flexibility index (Phi) is 11.4. The summed E-state index contributed by atoms with van der Waals surface area (Å²) in [5.41, 5.74) is 0. The first-order valence-electron chi connectivity index (χ1n) is 13.8. The van der Waals surface area contributed by atoms with Gasteiger partial charge in [-0.05, 0) is 12.1 Å². The zero-order chi connectivity index (χ0) is 33.9. The van der Waals surface area contributed by atoms with Gasteiger partial charge in [-0.1, -0.05) is 37.0 Å². The van der Waals surface area contributed by atoms with Gasteiger partial charge in [0, 0.05) is 40.8 Å². The molecule has 0 spiro atoms. The average molecular weight is 716 g/mol. The molecule has 15 heteroatoms. The van der Waals surface area contributed by atoms with Crippen LogP contribution in [0.1, 0.15) is 52.5 Å². The number of fused-ring (bicyclic) bond motifs is 2. The predicted octanol–water partition coefficient (Wildman–Crippen LogP) is 8.01. The van der Waals surface area contributed by atoms with Crippen LogP contribution in [0.4, 0.5) is 4.39 Å². The summed E-state index contributed by atoms with van der Waals surface area (Å²) in [6.45, 7) is 2.93. The first-order valence-corrected chi connectivity index (χ1v) is 16.2. The van der Waals surface area contributed by atoms with Crippen LogP contribution in [0.15, 0.2) is 18.2 Å². The van der Waals surface area contributed by atoms with Gasteiger partial charge in [0.2, 0.25) is 0 Å². The molecule has 2 heterocycles. The van der Waals surface area contributed by atoms with Gasteiger partial charge >= 0.3 is 11.9 Å². The number of carboxylic acid groups (broad SMARTS) is 2. The van der Waals surface area contributed by atoms with Gasteiger partial charge in [0.15, 0.2) is 40.4 Å². The van der Waals surface area contributed by atoms with Crippen molar-refractivity contribution in [3.05, 3.63) is 43.8 Å². The maximum atomic E-state index is 15.5. The zero-order valence-electron chi connectivity index (χ0n) is 25.0. The summed E-state index contributed by atoms with van der Waals surface area (Å²) in [7, 11) is 2.74. The van der Waals surface area contributed by atoms with Crippen molar-refractivity contribution >= 4 is 89.6 Å². The summed E-state index contributed by atoms with van der Waals surface area (Å²) in [5.74, 6) is -5.15. The monoisotopic (exact) mass is 714 g/mol. The van der Waals surface area contributed by atoms with Gasteiger partial charge in [0.05, 0.1) is 58.7 Å². The summed E-state index contributed by atoms with van der Waals surface area (Å²) in [6, 6.07) is 4.48. The molecule has 0 bridgehead atoms. The molecule has 10 nitrogen and oxygen atoms in total. The summed E-state index contributed by atoms with van der Waals surface area (Å²) in [5, 5.41) is 19.2. The molecule has 0 aliphatic rings. The minimum atomic E-state index is -1.09. The molecule has 0 unspecified atom stereocenters. The lowest BCUT2D eigenvalue weighted by molar-refractivity contribution is -0.141. The normalized spacial score (nSPS) is 12.6. The highest BCUT2D eigenvalue weighted by molar-refractivity contribution is 7.21. The van der Waals surface area contributed by atoms with Gasteiger partial charge in [-0.25, -0.2) is 4.39 Å². The van der Waals surface area contributed by atoms with Crippen molar-refractivity contribution in [1.82, 2.24) is 0 Å². The fourth-order valence-electron chi connectivity index (χ4n) is 4.45. The molecule has 46 heavy (non-hydrogen) atoms. The van der Waals surface area contributed by atoms with Crippen LogP contribution in [0, 0.1) is 17.7 Å². The molecule has 0 aliphatic carbocycles. The van der Waals surface area contributed by atoms with Gasteiger partial charge in [-0.3, -0.25) is 19.2 Å². The molecule has 246 valence electrons. The van der Waals surface area contributed by atoms with E-state index in [-0.39, 0.29) is 81.6 Å². The Morgan fingerprint density at radius 1 is 0.783 bits per heavy atom. The Labute approximate surface area is 280 Å². The van der Waals surface area contributed by atoms with Crippen LogP contribution in [0.5, 0.6) is 23.0 Å². The molecular weight excluding hydrogens is 686 g/mol. The van der Waals surface area contributed by atoms with Gasteiger partial charge in [-0.2, -0.15) is 0 Å². The molecule has 2 aromatic heterocycles. The first-order chi connectivity index (χ1) is 21.8. The van der Waals surface area contributed by atoms with Crippen LogP contribution in [-0.4, -0.2) is 61.2 Å². The third-order valence-corrected chi connectivity index (χ3v) is 10.2. The predicted molar refractivity (Wildman–Crippen MR) is 174 cm³/mol. The maximum absolute atomic E-state index is 15.5. The van der Waals surface area contributed by atoms with Gasteiger partial charge < -0.3 is 29.2 Å². The number of carbonyl (C=O) groups excluding carboxylic acids is 2. The SMILES string of the molecule is COc1cc2sc(C(=O)C[C@H](C)C(=O)O)cc2c(F)c1OCCCOc1c(OC)c(Cl)c2sc(C(=O)C[C@H](C)C(=O)O)cc2c1Cl. The van der Waals surface area contributed by atoms with E-state index in [0.29, 0.717) is 19.7 Å². The van der Waals surface area contributed by atoms with E-state index in [2.05, 4.69) is 0 Å². The highest BCUT2D eigenvalue weighted by Gasteiger charge is 2.26. The molecule has 0 amide bonds. The number of thiophene rings is 2. The van der Waals surface area contributed by atoms with Crippen molar-refractivity contribution in [3.8, 4) is 23.0 Å². The van der Waals surface area contributed by atoms with Crippen LogP contribution in [0.25, 0.3) is 20.2 Å². The second-order valence-corrected chi connectivity index (χ2v) is 13.3. The number of benzene rings is 2. The second kappa shape index (κ2) is 14.8. The van der Waals surface area contributed by atoms with Crippen LogP contribution in [0.2, 0.25) is 10.0 Å². The van der Waals surface area contributed by atoms with E-state index in [9.17, 15) is 19.2 Å². The third kappa shape index (κ3) is 7.33. The highest BCUT2D eigenvalue weighted by Crippen LogP contribution is 2.50. The van der Waals surface area contributed by atoms with E-state index in [1.807, 2.05) is 0 Å². The van der Waals surface area contributed by atoms with E-state index in [1.54, 1.807) is 12.1 Å². The number of aliphatic carboxylic acids is 2. The number of halogens is 3. The summed E-state index contributed by atoms with van der Waals surface area (Å²) in [4.78, 5) is 48.1. The van der Waals surface area contributed by atoms with Crippen LogP contribution in [0.3, 0.4) is 0 Å². The molecule has 0 fully saturated rings. The number of methoxy groups -OCH3 is 2. The van der Waals surface area contributed by atoms with E-state index in [1.165, 1.54) is 34.1 Å². The molecule has 0 saturated carbocycles. The molecule has 0 radical (unpaired) electrons. The highest BCUT2D eigenvalue weighted by atomic mass is 35.5. The minimum Gasteiger partial charge on any atom is -0.493 e. The molecule has 2 aromatic carbocycles. The fraction of sp³-hybridized carbons (Fsp3) is 0.355. The molecular formula is C31H29Cl2FO10S2. The van der Waals surface area contributed by atoms with Crippen molar-refractivity contribution in [3.63, 3.8) is 0 Å². The Morgan fingerprint density at radius 2 is 1.33 bits per heavy atom. The number of carboxylic acids is 2. The topological polar surface area (TPSA) is 146 Å². The second-order valence-electron chi connectivity index (χ2n) is 10.4. The largest absolute Gasteiger partial charge is 0.493 e. The van der Waals surface area contributed by atoms with Crippen molar-refractivity contribution in [2.24, 2.45) is 11.8 Å². The molecule has 2 N–H and O–H groups in total. The molecule has 0 saturated heterocycles. The fourth-order valence-corrected chi connectivity index (χ4v) is 7.26. The number of Topliss-reactive ketones (excluding diaryl/α,β-unsaturated/α-hetero) is 2. The average Bonchev–Trinajstić information content (AvgIpc) is 3.66. The first kappa shape index (κ1) is 35.2. The minimum absolute atomic E-state index is 0.000385. The molecule has 4 aromatic rings. The number of ketones is 2. The lowest BCUT2D eigenvalue weighted by atomic mass is 10.0. The van der Waals surface area contributed by atoms with Crippen LogP contribution >= 0.6 is 45.9 Å². The van der Waals surface area contributed by atoms with Crippen LogP contribution < -0.4 is 18.9 Å². The smallest absolute Gasteiger partial charge is 0.306 e. The Balaban J connectivity index is 1.47. The molecule has 0 aliphatic heterocycles. The Hall–Kier alpha value is -3.65. The number of carbonyl (C=O) groups is 4. The van der Waals surface area contributed by atoms with E-state index in [0.717, 1.165) is 22.7 Å². The number of rotatable bonds is 16. The van der Waals surface area contributed by atoms with E-state index >= 15 is 4.39 Å². The summed E-state index contributed by atoms with van der Waals surface area (Å²) < 4.78 is 38.9. The standard InChI is InChI=1S/C31H29Cl2FO10S2/c1-13(30(37)38)8-17(35)21-10-15-20(45-21)12-19(41-3)26(25(15)34)43-6-5-7-44-28-23(32)16-11-22(18(36)9-14(2)31(39)40)46-29(16)24(33)27(28)42-4/h10-14H,5-9H2,1-4H3,(H,37,38)(H,39,40)/t13-,14-/m0/s1. The van der Waals surface area contributed by atoms with E-state index < -0.39 is 35.4 Å². The van der Waals surface area contributed by atoms with Gasteiger partial charge in [0.1, 0.15) is 5.02 Å². The Morgan fingerprint density at radius 3 is 1.87 bits per heavy atom. The lowest BCUT2D eigenvalue weighted by Crippen LogP contribution is -2.13. The zero-order valence-corrected chi connectivity index (χ0v) is 28.2. The van der Waals surface area contributed by atoms with E-state index in [4.69, 9.17) is 52.4 Å². The van der Waals surface area contributed by atoms with Crippen LogP contribution in [-0.2, 0) is 9.59 Å². The summed E-state index contributed by atoms with van der Waals surface area (Å²) in [6.07, 6.45) is -0.139. The van der Waals surface area contributed by atoms with Crippen molar-refractivity contribution < 1.29 is 52.7 Å². The Bertz CT molecular complexity index is 1830. The van der Waals surface area contributed by atoms with Gasteiger partial charge in [0.25, 0.3) is 0 Å². The molecule has 2 atom stereocenters. The number of hydrogen-bond acceptors (Lipinski definition) is 10. The van der Waals surface area contributed by atoms with Gasteiger partial charge in [-0.15, -0.1) is 22.7 Å². The third-order valence-electron chi connectivity index (χ3n) is 7.04. The van der Waals surface area contributed by atoms with Crippen molar-refractivity contribution in [2.45, 2.75) is 33.1 Å². The maximum Gasteiger partial charge on any atom is 0.306 e. The van der Waals surface area contributed by atoms with Crippen molar-refractivity contribution in [2.75, 3.05) is 27.4 Å². The molecule has 4 rings (SSSR count). The summed E-state index contributed by atoms with van der Waals surface area (Å²) >= 11 is 15.4. The van der Waals surface area contributed by atoms with Crippen molar-refractivity contribution in [1.29, 1.82) is 0 Å². The number of ether oxygens (including phenoxy) is 4.